The van der Waals surface area contributed by atoms with Crippen LogP contribution in [0.25, 0.3) is 0 Å². The minimum Gasteiger partial charge on any atom is -0.0875 e. The average Bonchev–Trinajstić information content (AvgIpc) is 2.22. The van der Waals surface area contributed by atoms with Gasteiger partial charge in [-0.05, 0) is 36.5 Å². The third-order valence-corrected chi connectivity index (χ3v) is 10.7. The molecule has 0 amide bonds. The number of hydrogen-bond acceptors (Lipinski definition) is 0. The first kappa shape index (κ1) is 11.0. The molecule has 0 aromatic heterocycles. The van der Waals surface area contributed by atoms with Gasteiger partial charge in [0.1, 0.15) is 0 Å². The van der Waals surface area contributed by atoms with E-state index in [2.05, 4.69) is 63.7 Å². The Balaban J connectivity index is 1.92. The minimum atomic E-state index is 0.697. The molecule has 0 saturated heterocycles. The molecule has 0 radical (unpaired) electrons. The molecular formula is C10H12Br4. The molecule has 0 nitrogen and oxygen atoms in total. The van der Waals surface area contributed by atoms with E-state index in [0.29, 0.717) is 19.3 Å². The summed E-state index contributed by atoms with van der Waals surface area (Å²) in [5.74, 6) is 3.59. The fourth-order valence-electron chi connectivity index (χ4n) is 3.73. The number of hydrogen-bond donors (Lipinski definition) is 0. The second-order valence-electron chi connectivity index (χ2n) is 4.84. The largest absolute Gasteiger partial charge is 0.0875 e. The molecule has 0 aromatic carbocycles. The fraction of sp³-hybridized carbons (Fsp3) is 1.00. The summed E-state index contributed by atoms with van der Waals surface area (Å²) < 4.78 is 0. The van der Waals surface area contributed by atoms with E-state index >= 15 is 0 Å². The molecule has 0 aromatic rings. The molecule has 2 bridgehead atoms. The maximum absolute atomic E-state index is 3.88. The summed E-state index contributed by atoms with van der Waals surface area (Å²) in [4.78, 5) is 2.81. The van der Waals surface area contributed by atoms with E-state index in [1.807, 2.05) is 0 Å². The van der Waals surface area contributed by atoms with Crippen molar-refractivity contribution in [2.75, 3.05) is 0 Å². The van der Waals surface area contributed by atoms with Crippen LogP contribution in [0.2, 0.25) is 0 Å². The number of rotatable bonds is 0. The molecule has 80 valence electrons. The van der Waals surface area contributed by atoms with E-state index in [1.54, 1.807) is 0 Å². The van der Waals surface area contributed by atoms with Gasteiger partial charge in [-0.25, -0.2) is 0 Å². The van der Waals surface area contributed by atoms with Crippen LogP contribution in [0.4, 0.5) is 0 Å². The highest BCUT2D eigenvalue weighted by molar-refractivity contribution is 9.12. The van der Waals surface area contributed by atoms with Gasteiger partial charge in [0.2, 0.25) is 0 Å². The minimum absolute atomic E-state index is 0.697. The number of halogens is 4. The van der Waals surface area contributed by atoms with Crippen LogP contribution in [0.5, 0.6) is 0 Å². The zero-order valence-electron chi connectivity index (χ0n) is 7.54. The van der Waals surface area contributed by atoms with E-state index in [0.717, 1.165) is 23.7 Å². The molecule has 4 aliphatic rings. The summed E-state index contributed by atoms with van der Waals surface area (Å²) in [7, 11) is 0. The van der Waals surface area contributed by atoms with Crippen LogP contribution in [-0.2, 0) is 0 Å². The van der Waals surface area contributed by atoms with E-state index < -0.39 is 0 Å². The van der Waals surface area contributed by atoms with Gasteiger partial charge in [-0.15, -0.1) is 0 Å². The summed E-state index contributed by atoms with van der Waals surface area (Å²) in [6, 6.07) is 0. The highest BCUT2D eigenvalue weighted by Gasteiger charge is 2.63. The Kier molecular flexibility index (Phi) is 2.92. The van der Waals surface area contributed by atoms with Crippen LogP contribution < -0.4 is 0 Å². The standard InChI is InChI=1S/C10H12Br4/c11-7-3-1-2-4(8(7)12)6-5(3)9(13)10(6)14/h3-10H,1-2H2/t3-,4+,5-,6+,7-,8+,9+,10-. The summed E-state index contributed by atoms with van der Waals surface area (Å²) in [6.07, 6.45) is 2.84. The summed E-state index contributed by atoms with van der Waals surface area (Å²) in [5, 5.41) is 0. The quantitative estimate of drug-likeness (QED) is 0.481. The molecule has 4 heteroatoms. The predicted molar refractivity (Wildman–Crippen MR) is 74.1 cm³/mol. The van der Waals surface area contributed by atoms with Crippen LogP contribution in [0.3, 0.4) is 0 Å². The monoisotopic (exact) mass is 448 g/mol. The van der Waals surface area contributed by atoms with Crippen LogP contribution in [-0.4, -0.2) is 19.3 Å². The van der Waals surface area contributed by atoms with Crippen LogP contribution in [0.15, 0.2) is 0 Å². The van der Waals surface area contributed by atoms with Gasteiger partial charge >= 0.3 is 0 Å². The van der Waals surface area contributed by atoms with E-state index in [4.69, 9.17) is 0 Å². The van der Waals surface area contributed by atoms with Gasteiger partial charge in [-0.1, -0.05) is 63.7 Å². The smallest absolute Gasteiger partial charge is 0.0308 e. The molecule has 0 aliphatic heterocycles. The number of alkyl halides is 4. The van der Waals surface area contributed by atoms with E-state index in [1.165, 1.54) is 12.8 Å². The first-order valence-corrected chi connectivity index (χ1v) is 8.85. The summed E-state index contributed by atoms with van der Waals surface area (Å²) >= 11 is 15.4. The van der Waals surface area contributed by atoms with Crippen molar-refractivity contribution >= 4 is 63.7 Å². The fourth-order valence-corrected chi connectivity index (χ4v) is 7.94. The highest BCUT2D eigenvalue weighted by atomic mass is 79.9. The lowest BCUT2D eigenvalue weighted by atomic mass is 9.50. The summed E-state index contributed by atoms with van der Waals surface area (Å²) in [5.41, 5.74) is 0. The molecule has 0 N–H and O–H groups in total. The van der Waals surface area contributed by atoms with Gasteiger partial charge in [0.25, 0.3) is 0 Å². The molecule has 4 rings (SSSR count). The van der Waals surface area contributed by atoms with Gasteiger partial charge in [0.05, 0.1) is 0 Å². The van der Waals surface area contributed by atoms with Crippen molar-refractivity contribution in [3.8, 4) is 0 Å². The molecule has 0 heterocycles. The van der Waals surface area contributed by atoms with Crippen molar-refractivity contribution in [1.82, 2.24) is 0 Å². The van der Waals surface area contributed by atoms with Crippen molar-refractivity contribution in [1.29, 1.82) is 0 Å². The van der Waals surface area contributed by atoms with Crippen LogP contribution in [0.1, 0.15) is 12.8 Å². The predicted octanol–water partition coefficient (Wildman–Crippen LogP) is 4.33. The van der Waals surface area contributed by atoms with Gasteiger partial charge < -0.3 is 0 Å². The van der Waals surface area contributed by atoms with Crippen molar-refractivity contribution < 1.29 is 0 Å². The Hall–Kier alpha value is 1.92. The molecule has 4 fully saturated rings. The third-order valence-electron chi connectivity index (χ3n) is 4.43. The molecule has 8 atom stereocenters. The molecule has 0 unspecified atom stereocenters. The molecule has 4 saturated carbocycles. The molecular weight excluding hydrogens is 440 g/mol. The molecule has 0 spiro atoms. The lowest BCUT2D eigenvalue weighted by Gasteiger charge is -2.64. The highest BCUT2D eigenvalue weighted by Crippen LogP contribution is 2.64. The van der Waals surface area contributed by atoms with Gasteiger partial charge in [0, 0.05) is 19.3 Å². The normalized spacial score (nSPS) is 66.0. The Labute approximate surface area is 118 Å². The zero-order valence-corrected chi connectivity index (χ0v) is 13.9. The van der Waals surface area contributed by atoms with Crippen molar-refractivity contribution in [3.63, 3.8) is 0 Å². The first-order valence-electron chi connectivity index (χ1n) is 5.19. The molecule has 4 aliphatic carbocycles. The Morgan fingerprint density at radius 3 is 1.29 bits per heavy atom. The van der Waals surface area contributed by atoms with Gasteiger partial charge in [-0.3, -0.25) is 0 Å². The number of fused-ring (bicyclic) bond motifs is 2. The van der Waals surface area contributed by atoms with E-state index in [-0.39, 0.29) is 0 Å². The zero-order chi connectivity index (χ0) is 10.0. The van der Waals surface area contributed by atoms with Gasteiger partial charge in [-0.2, -0.15) is 0 Å². The lowest BCUT2D eigenvalue weighted by molar-refractivity contribution is -0.0184. The Morgan fingerprint density at radius 1 is 0.571 bits per heavy atom. The second kappa shape index (κ2) is 3.71. The van der Waals surface area contributed by atoms with Crippen molar-refractivity contribution in [2.45, 2.75) is 32.2 Å². The lowest BCUT2D eigenvalue weighted by Crippen LogP contribution is -2.66. The maximum Gasteiger partial charge on any atom is 0.0308 e. The van der Waals surface area contributed by atoms with Gasteiger partial charge in [0.15, 0.2) is 0 Å². The first-order chi connectivity index (χ1) is 6.63. The maximum atomic E-state index is 3.88. The van der Waals surface area contributed by atoms with Crippen molar-refractivity contribution in [2.24, 2.45) is 23.7 Å². The van der Waals surface area contributed by atoms with Crippen LogP contribution >= 0.6 is 63.7 Å². The average molecular weight is 452 g/mol. The molecule has 14 heavy (non-hydrogen) atoms. The SMILES string of the molecule is Br[C@@H]1[C@H](Br)[C@@H]2CC[C@H]1[C@@H]1[C@@H](Br)[C@@H](Br)[C@H]21. The van der Waals surface area contributed by atoms with Crippen LogP contribution in [0, 0.1) is 23.7 Å². The van der Waals surface area contributed by atoms with E-state index in [9.17, 15) is 0 Å². The Bertz CT molecular complexity index is 227. The Morgan fingerprint density at radius 2 is 0.929 bits per heavy atom. The topological polar surface area (TPSA) is 0 Å². The van der Waals surface area contributed by atoms with Crippen molar-refractivity contribution in [3.05, 3.63) is 0 Å². The third kappa shape index (κ3) is 1.26. The summed E-state index contributed by atoms with van der Waals surface area (Å²) in [6.45, 7) is 0. The second-order valence-corrected chi connectivity index (χ2v) is 9.07.